The average Bonchev–Trinajstić information content (AvgIpc) is 3.53. The third-order valence-corrected chi connectivity index (χ3v) is 5.64. The Hall–Kier alpha value is -3.61. The summed E-state index contributed by atoms with van der Waals surface area (Å²) in [5.41, 5.74) is 1.91. The van der Waals surface area contributed by atoms with Gasteiger partial charge in [-0.15, -0.1) is 0 Å². The van der Waals surface area contributed by atoms with Gasteiger partial charge in [-0.25, -0.2) is 9.40 Å². The van der Waals surface area contributed by atoms with Crippen LogP contribution in [0.1, 0.15) is 36.8 Å². The fraction of sp³-hybridized carbons (Fsp3) is 0.250. The molecule has 158 valence electrons. The molecule has 2 atom stereocenters. The van der Waals surface area contributed by atoms with Gasteiger partial charge in [-0.3, -0.25) is 4.79 Å². The van der Waals surface area contributed by atoms with Crippen LogP contribution in [0.3, 0.4) is 0 Å². The maximum Gasteiger partial charge on any atom is 0.281 e. The molecule has 1 aliphatic heterocycles. The van der Waals surface area contributed by atoms with Crippen molar-refractivity contribution in [2.45, 2.75) is 25.3 Å². The Balaban J connectivity index is 1.44. The predicted molar refractivity (Wildman–Crippen MR) is 112 cm³/mol. The zero-order chi connectivity index (χ0) is 21.2. The second-order valence-corrected chi connectivity index (χ2v) is 7.59. The average molecular weight is 420 g/mol. The molecule has 1 aromatic carbocycles. The summed E-state index contributed by atoms with van der Waals surface area (Å²) in [6, 6.07) is 13.0. The van der Waals surface area contributed by atoms with Crippen molar-refractivity contribution in [3.8, 4) is 5.75 Å². The highest BCUT2D eigenvalue weighted by atomic mass is 19.1. The zero-order valence-electron chi connectivity index (χ0n) is 16.7. The van der Waals surface area contributed by atoms with E-state index in [9.17, 15) is 9.18 Å². The van der Waals surface area contributed by atoms with Gasteiger partial charge in [0.25, 0.3) is 5.91 Å². The molecule has 0 spiro atoms. The van der Waals surface area contributed by atoms with E-state index in [-0.39, 0.29) is 30.2 Å². The van der Waals surface area contributed by atoms with E-state index >= 15 is 0 Å². The Kier molecular flexibility index (Phi) is 5.16. The minimum atomic E-state index is -0.511. The minimum Gasteiger partial charge on any atom is -0.481 e. The van der Waals surface area contributed by atoms with Crippen molar-refractivity contribution >= 4 is 17.7 Å². The maximum absolute atomic E-state index is 13.9. The number of carbonyl (C=O) groups excluding carboxylic acids is 1. The van der Waals surface area contributed by atoms with Crippen LogP contribution in [0.2, 0.25) is 0 Å². The molecule has 6 nitrogen and oxygen atoms in total. The van der Waals surface area contributed by atoms with Gasteiger partial charge < -0.3 is 13.6 Å². The van der Waals surface area contributed by atoms with Crippen molar-refractivity contribution in [2.24, 2.45) is 11.0 Å². The molecule has 0 radical (unpaired) electrons. The summed E-state index contributed by atoms with van der Waals surface area (Å²) in [7, 11) is 0. The molecule has 0 N–H and O–H groups in total. The van der Waals surface area contributed by atoms with Crippen LogP contribution < -0.4 is 4.74 Å². The first-order valence-corrected chi connectivity index (χ1v) is 10.3. The first-order chi connectivity index (χ1) is 15.2. The van der Waals surface area contributed by atoms with Crippen LogP contribution in [-0.4, -0.2) is 23.2 Å². The number of amides is 1. The number of allylic oxidation sites excluding steroid dienone is 1. The second kappa shape index (κ2) is 8.26. The van der Waals surface area contributed by atoms with Gasteiger partial charge in [-0.1, -0.05) is 12.1 Å². The molecule has 0 bridgehead atoms. The number of fused-ring (bicyclic) bond motifs is 1. The SMILES string of the molecule is O=C(COc1ccccc1F)N1N=C2/C(=C/c3ccco3)CCCC2C1c1ccco1. The highest BCUT2D eigenvalue weighted by molar-refractivity contribution is 6.08. The molecule has 1 aliphatic carbocycles. The van der Waals surface area contributed by atoms with Gasteiger partial charge in [-0.05, 0) is 67.3 Å². The number of carbonyl (C=O) groups is 1. The van der Waals surface area contributed by atoms with E-state index in [1.807, 2.05) is 24.3 Å². The third kappa shape index (κ3) is 3.79. The van der Waals surface area contributed by atoms with E-state index in [0.29, 0.717) is 5.76 Å². The molecule has 3 heterocycles. The van der Waals surface area contributed by atoms with Crippen LogP contribution in [0.15, 0.2) is 80.6 Å². The second-order valence-electron chi connectivity index (χ2n) is 7.59. The Morgan fingerprint density at radius 1 is 1.16 bits per heavy atom. The molecule has 1 amide bonds. The smallest absolute Gasteiger partial charge is 0.281 e. The van der Waals surface area contributed by atoms with Crippen LogP contribution >= 0.6 is 0 Å². The van der Waals surface area contributed by atoms with Gasteiger partial charge in [0.05, 0.1) is 18.2 Å². The number of rotatable bonds is 5. The van der Waals surface area contributed by atoms with E-state index in [1.165, 1.54) is 17.1 Å². The van der Waals surface area contributed by atoms with E-state index in [0.717, 1.165) is 36.3 Å². The summed E-state index contributed by atoms with van der Waals surface area (Å²) >= 11 is 0. The number of benzene rings is 1. The van der Waals surface area contributed by atoms with Gasteiger partial charge >= 0.3 is 0 Å². The Labute approximate surface area is 178 Å². The zero-order valence-corrected chi connectivity index (χ0v) is 16.7. The molecule has 1 fully saturated rings. The maximum atomic E-state index is 13.9. The van der Waals surface area contributed by atoms with Gasteiger partial charge in [0.1, 0.15) is 17.6 Å². The van der Waals surface area contributed by atoms with Gasteiger partial charge in [0, 0.05) is 5.92 Å². The van der Waals surface area contributed by atoms with Crippen molar-refractivity contribution < 1.29 is 22.8 Å². The molecule has 5 rings (SSSR count). The van der Waals surface area contributed by atoms with Crippen LogP contribution in [0.5, 0.6) is 5.75 Å². The number of hydrogen-bond acceptors (Lipinski definition) is 5. The lowest BCUT2D eigenvalue weighted by Crippen LogP contribution is -2.34. The van der Waals surface area contributed by atoms with Crippen LogP contribution in [0.25, 0.3) is 6.08 Å². The Morgan fingerprint density at radius 2 is 2.00 bits per heavy atom. The number of nitrogens with zero attached hydrogens (tertiary/aromatic N) is 2. The van der Waals surface area contributed by atoms with Crippen molar-refractivity contribution in [1.82, 2.24) is 5.01 Å². The van der Waals surface area contributed by atoms with Crippen molar-refractivity contribution in [1.29, 1.82) is 0 Å². The van der Waals surface area contributed by atoms with E-state index in [4.69, 9.17) is 18.7 Å². The summed E-state index contributed by atoms with van der Waals surface area (Å²) in [4.78, 5) is 13.1. The highest BCUT2D eigenvalue weighted by Crippen LogP contribution is 2.44. The van der Waals surface area contributed by atoms with E-state index in [2.05, 4.69) is 0 Å². The topological polar surface area (TPSA) is 68.2 Å². The molecule has 3 aromatic rings. The fourth-order valence-electron chi connectivity index (χ4n) is 4.26. The number of furan rings is 2. The van der Waals surface area contributed by atoms with Crippen molar-refractivity contribution in [3.05, 3.63) is 84.0 Å². The molecular weight excluding hydrogens is 399 g/mol. The lowest BCUT2D eigenvalue weighted by atomic mass is 9.79. The van der Waals surface area contributed by atoms with Crippen LogP contribution in [0.4, 0.5) is 4.39 Å². The van der Waals surface area contributed by atoms with Crippen molar-refractivity contribution in [3.63, 3.8) is 0 Å². The molecular formula is C24H21FN2O4. The van der Waals surface area contributed by atoms with Crippen LogP contribution in [0, 0.1) is 11.7 Å². The number of ether oxygens (including phenoxy) is 1. The van der Waals surface area contributed by atoms with Gasteiger partial charge in [0.2, 0.25) is 0 Å². The predicted octanol–water partition coefficient (Wildman–Crippen LogP) is 5.21. The molecule has 7 heteroatoms. The summed E-state index contributed by atoms with van der Waals surface area (Å²) in [5, 5.41) is 6.13. The summed E-state index contributed by atoms with van der Waals surface area (Å²) < 4.78 is 30.5. The Morgan fingerprint density at radius 3 is 2.77 bits per heavy atom. The number of hydrazone groups is 1. The largest absolute Gasteiger partial charge is 0.481 e. The Bertz CT molecular complexity index is 1120. The summed E-state index contributed by atoms with van der Waals surface area (Å²) in [5.74, 6) is 0.598. The standard InChI is InChI=1S/C24H21FN2O4/c25-19-9-1-2-10-20(19)31-15-22(28)27-24(21-11-5-13-30-21)18-8-3-6-16(23(18)26-27)14-17-7-4-12-29-17/h1-2,4-5,7,9-14,18,24H,3,6,8,15H2/b16-14+. The lowest BCUT2D eigenvalue weighted by molar-refractivity contribution is -0.136. The minimum absolute atomic E-state index is 0.0125. The molecule has 2 unspecified atom stereocenters. The number of para-hydroxylation sites is 1. The van der Waals surface area contributed by atoms with E-state index < -0.39 is 5.82 Å². The van der Waals surface area contributed by atoms with Crippen LogP contribution in [-0.2, 0) is 4.79 Å². The third-order valence-electron chi connectivity index (χ3n) is 5.64. The van der Waals surface area contributed by atoms with Gasteiger partial charge in [-0.2, -0.15) is 5.10 Å². The normalized spacial score (nSPS) is 21.8. The van der Waals surface area contributed by atoms with Gasteiger partial charge in [0.15, 0.2) is 18.2 Å². The molecule has 2 aromatic heterocycles. The van der Waals surface area contributed by atoms with E-state index in [1.54, 1.807) is 30.7 Å². The quantitative estimate of drug-likeness (QED) is 0.568. The number of halogens is 1. The lowest BCUT2D eigenvalue weighted by Gasteiger charge is -2.27. The molecule has 2 aliphatic rings. The monoisotopic (exact) mass is 420 g/mol. The number of hydrogen-bond donors (Lipinski definition) is 0. The molecule has 0 saturated heterocycles. The summed E-state index contributed by atoms with van der Waals surface area (Å²) in [6.07, 6.45) is 7.92. The highest BCUT2D eigenvalue weighted by Gasteiger charge is 2.45. The van der Waals surface area contributed by atoms with Crippen molar-refractivity contribution in [2.75, 3.05) is 6.61 Å². The molecule has 31 heavy (non-hydrogen) atoms. The first kappa shape index (κ1) is 19.4. The fourth-order valence-corrected chi connectivity index (χ4v) is 4.26. The first-order valence-electron chi connectivity index (χ1n) is 10.3. The summed E-state index contributed by atoms with van der Waals surface area (Å²) in [6.45, 7) is -0.321. The molecule has 1 saturated carbocycles.